The van der Waals surface area contributed by atoms with Crippen LogP contribution in [0, 0.1) is 0 Å². The fraction of sp³-hybridized carbons (Fsp3) is 0.143. The summed E-state index contributed by atoms with van der Waals surface area (Å²) in [5.41, 5.74) is 2.30. The van der Waals surface area contributed by atoms with Crippen molar-refractivity contribution in [3.8, 4) is 11.3 Å². The van der Waals surface area contributed by atoms with Gasteiger partial charge in [-0.25, -0.2) is 23.1 Å². The van der Waals surface area contributed by atoms with E-state index in [1.807, 2.05) is 35.7 Å². The van der Waals surface area contributed by atoms with Gasteiger partial charge in [-0.1, -0.05) is 48.5 Å². The van der Waals surface area contributed by atoms with Gasteiger partial charge in [-0.05, 0) is 17.7 Å². The normalized spacial score (nSPS) is 11.1. The van der Waals surface area contributed by atoms with Crippen LogP contribution in [-0.4, -0.2) is 32.3 Å². The number of aromatic nitrogens is 1. The van der Waals surface area contributed by atoms with Crippen molar-refractivity contribution in [2.45, 2.75) is 11.5 Å². The third kappa shape index (κ3) is 5.30. The van der Waals surface area contributed by atoms with Gasteiger partial charge < -0.3 is 4.74 Å². The number of anilines is 1. The molecule has 0 bridgehead atoms. The van der Waals surface area contributed by atoms with Gasteiger partial charge in [-0.15, -0.1) is 17.9 Å². The number of hydrogen-bond donors (Lipinski definition) is 0. The number of amides is 1. The minimum absolute atomic E-state index is 0.165. The Morgan fingerprint density at radius 1 is 1.17 bits per heavy atom. The Morgan fingerprint density at radius 3 is 2.48 bits per heavy atom. The Hall–Kier alpha value is -2.97. The SMILES string of the molecule is C=CCN(C(=O)OCc1ccccc1)c1nc(-c2ccc(S(C)(=O)=O)cc2)cs1. The third-order valence-corrected chi connectivity index (χ3v) is 6.03. The van der Waals surface area contributed by atoms with E-state index in [1.54, 1.807) is 30.3 Å². The van der Waals surface area contributed by atoms with Crippen LogP contribution >= 0.6 is 11.3 Å². The number of nitrogens with zero attached hydrogens (tertiary/aromatic N) is 2. The molecule has 3 rings (SSSR count). The largest absolute Gasteiger partial charge is 0.444 e. The summed E-state index contributed by atoms with van der Waals surface area (Å²) in [4.78, 5) is 18.7. The van der Waals surface area contributed by atoms with Gasteiger partial charge in [0.25, 0.3) is 0 Å². The second kappa shape index (κ2) is 9.02. The lowest BCUT2D eigenvalue weighted by Gasteiger charge is -2.17. The summed E-state index contributed by atoms with van der Waals surface area (Å²) in [7, 11) is -3.26. The molecule has 0 fully saturated rings. The Bertz CT molecular complexity index is 1090. The van der Waals surface area contributed by atoms with Gasteiger partial charge in [0.15, 0.2) is 15.0 Å². The summed E-state index contributed by atoms with van der Waals surface area (Å²) in [6, 6.07) is 15.9. The van der Waals surface area contributed by atoms with Crippen molar-refractivity contribution < 1.29 is 17.9 Å². The number of carbonyl (C=O) groups excluding carboxylic acids is 1. The number of carbonyl (C=O) groups is 1. The van der Waals surface area contributed by atoms with Gasteiger partial charge in [0.05, 0.1) is 10.6 Å². The molecule has 0 saturated heterocycles. The number of ether oxygens (including phenoxy) is 1. The maximum absolute atomic E-state index is 12.6. The summed E-state index contributed by atoms with van der Waals surface area (Å²) in [5.74, 6) is 0. The van der Waals surface area contributed by atoms with E-state index >= 15 is 0 Å². The molecule has 1 heterocycles. The van der Waals surface area contributed by atoms with Crippen molar-refractivity contribution in [3.05, 3.63) is 78.2 Å². The predicted molar refractivity (Wildman–Crippen MR) is 115 cm³/mol. The highest BCUT2D eigenvalue weighted by Gasteiger charge is 2.20. The number of benzene rings is 2. The molecule has 2 aromatic carbocycles. The fourth-order valence-electron chi connectivity index (χ4n) is 2.55. The second-order valence-electron chi connectivity index (χ2n) is 6.25. The monoisotopic (exact) mass is 428 g/mol. The molecule has 0 aliphatic heterocycles. The first kappa shape index (κ1) is 20.8. The molecule has 0 atom stereocenters. The molecule has 150 valence electrons. The Morgan fingerprint density at radius 2 is 1.86 bits per heavy atom. The summed E-state index contributed by atoms with van der Waals surface area (Å²) in [6.45, 7) is 4.12. The van der Waals surface area contributed by atoms with Crippen LogP contribution in [0.3, 0.4) is 0 Å². The van der Waals surface area contributed by atoms with Crippen LogP contribution in [0.5, 0.6) is 0 Å². The lowest BCUT2D eigenvalue weighted by atomic mass is 10.2. The molecule has 3 aromatic rings. The third-order valence-electron chi connectivity index (χ3n) is 4.04. The standard InChI is InChI=1S/C21H20N2O4S2/c1-3-13-23(21(24)27-14-16-7-5-4-6-8-16)20-22-19(15-28-20)17-9-11-18(12-10-17)29(2,25)26/h3-12,15H,1,13-14H2,2H3. The van der Waals surface area contributed by atoms with Gasteiger partial charge >= 0.3 is 6.09 Å². The highest BCUT2D eigenvalue weighted by atomic mass is 32.2. The van der Waals surface area contributed by atoms with Crippen molar-refractivity contribution >= 4 is 32.4 Å². The van der Waals surface area contributed by atoms with Crippen LogP contribution in [-0.2, 0) is 21.2 Å². The van der Waals surface area contributed by atoms with E-state index in [0.29, 0.717) is 10.8 Å². The quantitative estimate of drug-likeness (QED) is 0.516. The zero-order chi connectivity index (χ0) is 20.9. The van der Waals surface area contributed by atoms with Crippen LogP contribution in [0.1, 0.15) is 5.56 Å². The molecule has 0 spiro atoms. The van der Waals surface area contributed by atoms with E-state index in [2.05, 4.69) is 11.6 Å². The zero-order valence-corrected chi connectivity index (χ0v) is 17.4. The van der Waals surface area contributed by atoms with Gasteiger partial charge in [0.1, 0.15) is 6.61 Å². The summed E-state index contributed by atoms with van der Waals surface area (Å²) in [5, 5.41) is 2.29. The smallest absolute Gasteiger partial charge is 0.416 e. The molecule has 0 saturated carbocycles. The van der Waals surface area contributed by atoms with E-state index in [4.69, 9.17) is 4.74 Å². The first-order chi connectivity index (χ1) is 13.9. The molecule has 0 unspecified atom stereocenters. The minimum atomic E-state index is -3.26. The number of rotatable bonds is 7. The molecule has 1 aromatic heterocycles. The van der Waals surface area contributed by atoms with Crippen LogP contribution in [0.15, 0.2) is 77.5 Å². The van der Waals surface area contributed by atoms with Crippen molar-refractivity contribution in [2.24, 2.45) is 0 Å². The Balaban J connectivity index is 1.76. The highest BCUT2D eigenvalue weighted by Crippen LogP contribution is 2.28. The van der Waals surface area contributed by atoms with Crippen LogP contribution in [0.4, 0.5) is 9.93 Å². The maximum Gasteiger partial charge on any atom is 0.416 e. The topological polar surface area (TPSA) is 76.6 Å². The fourth-order valence-corrected chi connectivity index (χ4v) is 4.01. The zero-order valence-electron chi connectivity index (χ0n) is 15.8. The average molecular weight is 429 g/mol. The van der Waals surface area contributed by atoms with Gasteiger partial charge in [-0.2, -0.15) is 0 Å². The summed E-state index contributed by atoms with van der Waals surface area (Å²) < 4.78 is 28.6. The molecule has 29 heavy (non-hydrogen) atoms. The number of sulfone groups is 1. The Labute approximate surface area is 174 Å². The molecular formula is C21H20N2O4S2. The van der Waals surface area contributed by atoms with E-state index in [9.17, 15) is 13.2 Å². The number of thiazole rings is 1. The molecule has 8 heteroatoms. The second-order valence-corrected chi connectivity index (χ2v) is 9.10. The van der Waals surface area contributed by atoms with Crippen molar-refractivity contribution in [1.82, 2.24) is 4.98 Å². The lowest BCUT2D eigenvalue weighted by molar-refractivity contribution is 0.147. The molecule has 0 aliphatic rings. The first-order valence-corrected chi connectivity index (χ1v) is 11.5. The summed E-state index contributed by atoms with van der Waals surface area (Å²) in [6.07, 6.45) is 2.25. The molecule has 1 amide bonds. The number of hydrogen-bond acceptors (Lipinski definition) is 6. The average Bonchev–Trinajstić information content (AvgIpc) is 3.20. The maximum atomic E-state index is 12.6. The van der Waals surface area contributed by atoms with E-state index in [0.717, 1.165) is 17.4 Å². The lowest BCUT2D eigenvalue weighted by Crippen LogP contribution is -2.31. The summed E-state index contributed by atoms with van der Waals surface area (Å²) >= 11 is 1.30. The van der Waals surface area contributed by atoms with Crippen LogP contribution in [0.2, 0.25) is 0 Å². The highest BCUT2D eigenvalue weighted by molar-refractivity contribution is 7.90. The van der Waals surface area contributed by atoms with Crippen molar-refractivity contribution in [1.29, 1.82) is 0 Å². The van der Waals surface area contributed by atoms with Gasteiger partial charge in [0.2, 0.25) is 0 Å². The van der Waals surface area contributed by atoms with Crippen LogP contribution < -0.4 is 4.90 Å². The first-order valence-electron chi connectivity index (χ1n) is 8.73. The molecular weight excluding hydrogens is 408 g/mol. The van der Waals surface area contributed by atoms with Crippen molar-refractivity contribution in [2.75, 3.05) is 17.7 Å². The van der Waals surface area contributed by atoms with E-state index in [1.165, 1.54) is 16.2 Å². The molecule has 0 radical (unpaired) electrons. The van der Waals surface area contributed by atoms with Gasteiger partial charge in [-0.3, -0.25) is 0 Å². The van der Waals surface area contributed by atoms with E-state index in [-0.39, 0.29) is 18.0 Å². The van der Waals surface area contributed by atoms with Crippen molar-refractivity contribution in [3.63, 3.8) is 0 Å². The predicted octanol–water partition coefficient (Wildman–Crippen LogP) is 4.54. The van der Waals surface area contributed by atoms with Gasteiger partial charge in [0, 0.05) is 23.7 Å². The van der Waals surface area contributed by atoms with Crippen LogP contribution in [0.25, 0.3) is 11.3 Å². The molecule has 0 aliphatic carbocycles. The molecule has 0 N–H and O–H groups in total. The molecule has 6 nitrogen and oxygen atoms in total. The van der Waals surface area contributed by atoms with E-state index < -0.39 is 15.9 Å². The minimum Gasteiger partial charge on any atom is -0.444 e. The Kier molecular flexibility index (Phi) is 6.46.